The largest absolute Gasteiger partial charge is 0.507 e. The number of carbonyl (C=O) groups excluding carboxylic acids is 2. The van der Waals surface area contributed by atoms with E-state index in [1.807, 2.05) is 0 Å². The van der Waals surface area contributed by atoms with Crippen LogP contribution in [0.3, 0.4) is 0 Å². The molecule has 39 heavy (non-hydrogen) atoms. The van der Waals surface area contributed by atoms with Gasteiger partial charge in [0.25, 0.3) is 11.7 Å². The molecule has 1 N–H and O–H groups in total. The number of ether oxygens (including phenoxy) is 2. The van der Waals surface area contributed by atoms with Gasteiger partial charge in [0.05, 0.1) is 42.9 Å². The van der Waals surface area contributed by atoms with Gasteiger partial charge in [0.15, 0.2) is 0 Å². The highest BCUT2D eigenvalue weighted by atomic mass is 35.5. The number of amides is 1. The number of hydrogen-bond donors (Lipinski definition) is 1. The molecule has 3 aliphatic heterocycles. The van der Waals surface area contributed by atoms with Crippen LogP contribution >= 0.6 is 11.6 Å². The van der Waals surface area contributed by atoms with E-state index in [9.17, 15) is 23.1 Å². The van der Waals surface area contributed by atoms with Crippen molar-refractivity contribution in [1.82, 2.24) is 14.1 Å². The maximum atomic E-state index is 13.3. The summed E-state index contributed by atoms with van der Waals surface area (Å²) in [7, 11) is -3.73. The molecule has 0 aliphatic carbocycles. The van der Waals surface area contributed by atoms with E-state index in [2.05, 4.69) is 4.90 Å². The Morgan fingerprint density at radius 1 is 0.872 bits per heavy atom. The van der Waals surface area contributed by atoms with Crippen LogP contribution in [0.15, 0.2) is 59.0 Å². The second-order valence-corrected chi connectivity index (χ2v) is 11.9. The molecule has 3 fully saturated rings. The number of carbonyl (C=O) groups is 2. The Kier molecular flexibility index (Phi) is 8.36. The summed E-state index contributed by atoms with van der Waals surface area (Å²) in [6.07, 6.45) is 0. The van der Waals surface area contributed by atoms with Crippen molar-refractivity contribution in [3.05, 3.63) is 70.3 Å². The van der Waals surface area contributed by atoms with Crippen LogP contribution in [0.25, 0.3) is 5.76 Å². The molecule has 3 heterocycles. The van der Waals surface area contributed by atoms with Gasteiger partial charge in [-0.15, -0.1) is 0 Å². The van der Waals surface area contributed by atoms with Gasteiger partial charge >= 0.3 is 0 Å². The number of hydrogen-bond acceptors (Lipinski definition) is 8. The average Bonchev–Trinajstić information content (AvgIpc) is 3.22. The topological polar surface area (TPSA) is 117 Å². The third kappa shape index (κ3) is 5.74. The van der Waals surface area contributed by atoms with Gasteiger partial charge in [-0.25, -0.2) is 8.42 Å². The lowest BCUT2D eigenvalue weighted by atomic mass is 9.95. The fourth-order valence-corrected chi connectivity index (χ4v) is 6.59. The molecule has 2 aromatic carbocycles. The minimum atomic E-state index is -3.73. The quantitative estimate of drug-likeness (QED) is 0.303. The smallest absolute Gasteiger partial charge is 0.295 e. The van der Waals surface area contributed by atoms with E-state index in [0.29, 0.717) is 43.6 Å². The van der Waals surface area contributed by atoms with Gasteiger partial charge in [-0.1, -0.05) is 23.7 Å². The molecule has 5 rings (SSSR count). The van der Waals surface area contributed by atoms with E-state index in [4.69, 9.17) is 21.1 Å². The molecule has 3 aliphatic rings. The first kappa shape index (κ1) is 27.8. The van der Waals surface area contributed by atoms with Gasteiger partial charge in [0, 0.05) is 49.9 Å². The van der Waals surface area contributed by atoms with Crippen molar-refractivity contribution in [3.63, 3.8) is 0 Å². The number of aliphatic hydroxyl groups is 1. The lowest BCUT2D eigenvalue weighted by molar-refractivity contribution is -0.140. The normalized spacial score (nSPS) is 22.9. The third-order valence-electron chi connectivity index (χ3n) is 7.22. The van der Waals surface area contributed by atoms with Crippen LogP contribution in [0, 0.1) is 0 Å². The second-order valence-electron chi connectivity index (χ2n) is 9.54. The van der Waals surface area contributed by atoms with E-state index in [1.54, 1.807) is 24.3 Å². The van der Waals surface area contributed by atoms with Gasteiger partial charge in [-0.2, -0.15) is 4.31 Å². The molecule has 2 aromatic rings. The molecule has 0 aromatic heterocycles. The molecule has 0 saturated carbocycles. The van der Waals surface area contributed by atoms with Crippen molar-refractivity contribution in [2.75, 3.05) is 65.7 Å². The molecule has 12 heteroatoms. The van der Waals surface area contributed by atoms with Crippen LogP contribution in [0.1, 0.15) is 17.2 Å². The highest BCUT2D eigenvalue weighted by molar-refractivity contribution is 7.89. The van der Waals surface area contributed by atoms with E-state index < -0.39 is 27.8 Å². The fraction of sp³-hybridized carbons (Fsp3) is 0.407. The molecule has 3 saturated heterocycles. The van der Waals surface area contributed by atoms with Gasteiger partial charge in [0.1, 0.15) is 5.76 Å². The number of ketones is 1. The highest BCUT2D eigenvalue weighted by Crippen LogP contribution is 2.39. The minimum absolute atomic E-state index is 0.0481. The molecule has 0 unspecified atom stereocenters. The zero-order valence-electron chi connectivity index (χ0n) is 21.3. The molecule has 0 spiro atoms. The fourth-order valence-electron chi connectivity index (χ4n) is 5.05. The molecule has 0 bridgehead atoms. The van der Waals surface area contributed by atoms with Crippen LogP contribution in [-0.2, 0) is 29.1 Å². The molecular weight excluding hydrogens is 546 g/mol. The standard InChI is InChI=1S/C27H30ClN3O7S/c28-21-5-1-19(2-6-21)24-23(26(33)27(34)31(24)10-9-29-11-15-37-16-12-29)25(32)20-3-7-22(8-4-20)39(35,36)30-13-17-38-18-14-30/h1-8,24,32H,9-18H2/t24-/m0/s1. The van der Waals surface area contributed by atoms with Crippen molar-refractivity contribution >= 4 is 39.1 Å². The predicted molar refractivity (Wildman–Crippen MR) is 144 cm³/mol. The number of nitrogens with zero attached hydrogens (tertiary/aromatic N) is 3. The Balaban J connectivity index is 1.47. The lowest BCUT2D eigenvalue weighted by Crippen LogP contribution is -2.42. The summed E-state index contributed by atoms with van der Waals surface area (Å²) in [6, 6.07) is 11.7. The Hall–Kier alpha value is -2.80. The van der Waals surface area contributed by atoms with Crippen molar-refractivity contribution in [3.8, 4) is 0 Å². The van der Waals surface area contributed by atoms with Gasteiger partial charge in [-0.05, 0) is 42.0 Å². The summed E-state index contributed by atoms with van der Waals surface area (Å²) in [4.78, 5) is 30.2. The number of benzene rings is 2. The number of sulfonamides is 1. The predicted octanol–water partition coefficient (Wildman–Crippen LogP) is 2.11. The van der Waals surface area contributed by atoms with Crippen LogP contribution in [0.2, 0.25) is 5.02 Å². The van der Waals surface area contributed by atoms with E-state index >= 15 is 0 Å². The molecule has 1 amide bonds. The summed E-state index contributed by atoms with van der Waals surface area (Å²) >= 11 is 6.09. The Labute approximate surface area is 232 Å². The molecule has 1 atom stereocenters. The number of aliphatic hydroxyl groups excluding tert-OH is 1. The Bertz CT molecular complexity index is 1350. The molecule has 10 nitrogen and oxygen atoms in total. The van der Waals surface area contributed by atoms with E-state index in [1.165, 1.54) is 33.5 Å². The first-order chi connectivity index (χ1) is 18.8. The summed E-state index contributed by atoms with van der Waals surface area (Å²) in [5, 5.41) is 11.8. The molecule has 0 radical (unpaired) electrons. The monoisotopic (exact) mass is 575 g/mol. The number of halogens is 1. The third-order valence-corrected chi connectivity index (χ3v) is 9.39. The molecule has 208 valence electrons. The zero-order valence-corrected chi connectivity index (χ0v) is 22.9. The molecular formula is C27H30ClN3O7S. The lowest BCUT2D eigenvalue weighted by Gasteiger charge is -2.31. The summed E-state index contributed by atoms with van der Waals surface area (Å²) in [6.45, 7) is 4.69. The van der Waals surface area contributed by atoms with Crippen LogP contribution in [0.5, 0.6) is 0 Å². The number of Topliss-reactive ketones (excluding diaryl/α,β-unsaturated/α-hetero) is 1. The summed E-state index contributed by atoms with van der Waals surface area (Å²) in [5.41, 5.74) is 0.822. The van der Waals surface area contributed by atoms with E-state index in [0.717, 1.165) is 13.1 Å². The zero-order chi connectivity index (χ0) is 27.6. The van der Waals surface area contributed by atoms with Crippen LogP contribution in [0.4, 0.5) is 0 Å². The number of likely N-dealkylation sites (tertiary alicyclic amines) is 1. The van der Waals surface area contributed by atoms with Crippen molar-refractivity contribution in [2.45, 2.75) is 10.9 Å². The summed E-state index contributed by atoms with van der Waals surface area (Å²) < 4.78 is 38.0. The number of rotatable bonds is 7. The van der Waals surface area contributed by atoms with Crippen molar-refractivity contribution in [1.29, 1.82) is 0 Å². The van der Waals surface area contributed by atoms with Crippen molar-refractivity contribution in [2.24, 2.45) is 0 Å². The van der Waals surface area contributed by atoms with Gasteiger partial charge < -0.3 is 19.5 Å². The highest BCUT2D eigenvalue weighted by Gasteiger charge is 2.46. The van der Waals surface area contributed by atoms with Gasteiger partial charge in [0.2, 0.25) is 10.0 Å². The Morgan fingerprint density at radius 2 is 1.46 bits per heavy atom. The van der Waals surface area contributed by atoms with Gasteiger partial charge in [-0.3, -0.25) is 14.5 Å². The first-order valence-corrected chi connectivity index (χ1v) is 14.6. The number of morpholine rings is 2. The SMILES string of the molecule is O=C1C(=O)N(CCN2CCOCC2)[C@@H](c2ccc(Cl)cc2)C1=C(O)c1ccc(S(=O)(=O)N2CCOCC2)cc1. The maximum Gasteiger partial charge on any atom is 0.295 e. The van der Waals surface area contributed by atoms with Crippen molar-refractivity contribution < 1.29 is 32.6 Å². The Morgan fingerprint density at radius 3 is 2.08 bits per heavy atom. The van der Waals surface area contributed by atoms with Crippen LogP contribution in [-0.4, -0.2) is 105 Å². The summed E-state index contributed by atoms with van der Waals surface area (Å²) in [5.74, 6) is -1.85. The second kappa shape index (κ2) is 11.7. The van der Waals surface area contributed by atoms with E-state index in [-0.39, 0.29) is 41.4 Å². The minimum Gasteiger partial charge on any atom is -0.507 e. The van der Waals surface area contributed by atoms with Crippen LogP contribution < -0.4 is 0 Å². The maximum absolute atomic E-state index is 13.3. The average molecular weight is 576 g/mol. The first-order valence-electron chi connectivity index (χ1n) is 12.8.